The van der Waals surface area contributed by atoms with E-state index in [0.717, 1.165) is 37.3 Å². The lowest BCUT2D eigenvalue weighted by Gasteiger charge is -2.16. The van der Waals surface area contributed by atoms with Crippen LogP contribution in [0.5, 0.6) is 0 Å². The molecule has 5 heteroatoms. The van der Waals surface area contributed by atoms with Gasteiger partial charge in [-0.1, -0.05) is 0 Å². The van der Waals surface area contributed by atoms with Crippen molar-refractivity contribution in [1.82, 2.24) is 9.55 Å². The number of ether oxygens (including phenoxy) is 1. The first-order valence-corrected chi connectivity index (χ1v) is 5.54. The number of imidazole rings is 1. The van der Waals surface area contributed by atoms with Gasteiger partial charge >= 0.3 is 5.97 Å². The number of hydrogen-bond donors (Lipinski definition) is 1. The highest BCUT2D eigenvalue weighted by molar-refractivity contribution is 5.86. The van der Waals surface area contributed by atoms with E-state index < -0.39 is 5.97 Å². The van der Waals surface area contributed by atoms with Crippen molar-refractivity contribution in [2.45, 2.75) is 32.2 Å². The Bertz CT molecular complexity index is 398. The second-order valence-electron chi connectivity index (χ2n) is 3.98. The quantitative estimate of drug-likeness (QED) is 0.832. The van der Waals surface area contributed by atoms with Gasteiger partial charge in [0.25, 0.3) is 0 Å². The number of carbonyl (C=O) groups is 1. The van der Waals surface area contributed by atoms with Crippen LogP contribution in [0.25, 0.3) is 0 Å². The van der Waals surface area contributed by atoms with Gasteiger partial charge in [0.15, 0.2) is 5.69 Å². The summed E-state index contributed by atoms with van der Waals surface area (Å²) in [6.45, 7) is 1.46. The van der Waals surface area contributed by atoms with E-state index >= 15 is 0 Å². The predicted octanol–water partition coefficient (Wildman–Crippen LogP) is 1.11. The Morgan fingerprint density at radius 2 is 2.38 bits per heavy atom. The van der Waals surface area contributed by atoms with Crippen molar-refractivity contribution in [3.05, 3.63) is 17.2 Å². The van der Waals surface area contributed by atoms with Gasteiger partial charge in [-0.3, -0.25) is 0 Å². The third-order valence-electron chi connectivity index (χ3n) is 2.93. The zero-order chi connectivity index (χ0) is 11.5. The van der Waals surface area contributed by atoms with Crippen molar-refractivity contribution in [2.75, 3.05) is 13.7 Å². The molecule has 5 nitrogen and oxygen atoms in total. The van der Waals surface area contributed by atoms with Crippen LogP contribution in [0.1, 0.15) is 34.8 Å². The number of rotatable bonds is 4. The van der Waals surface area contributed by atoms with Crippen LogP contribution in [0.3, 0.4) is 0 Å². The SMILES string of the molecule is COCCc1nc(C(=O)O)c2n1CCCC2. The first-order chi connectivity index (χ1) is 7.74. The molecule has 1 aromatic rings. The fourth-order valence-corrected chi connectivity index (χ4v) is 2.17. The minimum Gasteiger partial charge on any atom is -0.476 e. The molecule has 0 saturated carbocycles. The Labute approximate surface area is 94.1 Å². The molecule has 1 N–H and O–H groups in total. The van der Waals surface area contributed by atoms with Crippen molar-refractivity contribution in [2.24, 2.45) is 0 Å². The number of hydrogen-bond acceptors (Lipinski definition) is 3. The van der Waals surface area contributed by atoms with E-state index in [1.807, 2.05) is 4.57 Å². The largest absolute Gasteiger partial charge is 0.476 e. The smallest absolute Gasteiger partial charge is 0.356 e. The third kappa shape index (κ3) is 1.95. The topological polar surface area (TPSA) is 64.3 Å². The molecule has 2 heterocycles. The molecule has 1 aliphatic rings. The van der Waals surface area contributed by atoms with E-state index in [1.54, 1.807) is 7.11 Å². The number of methoxy groups -OCH3 is 1. The Kier molecular flexibility index (Phi) is 3.24. The van der Waals surface area contributed by atoms with Gasteiger partial charge in [0.1, 0.15) is 5.82 Å². The van der Waals surface area contributed by atoms with E-state index in [-0.39, 0.29) is 5.69 Å². The molecule has 88 valence electrons. The van der Waals surface area contributed by atoms with Crippen LogP contribution >= 0.6 is 0 Å². The van der Waals surface area contributed by atoms with Gasteiger partial charge in [-0.25, -0.2) is 9.78 Å². The van der Waals surface area contributed by atoms with E-state index in [1.165, 1.54) is 0 Å². The summed E-state index contributed by atoms with van der Waals surface area (Å²) in [5.74, 6) is -0.0803. The molecule has 2 rings (SSSR count). The molecule has 0 bridgehead atoms. The number of aromatic carboxylic acids is 1. The van der Waals surface area contributed by atoms with Crippen LogP contribution in [-0.2, 0) is 24.1 Å². The standard InChI is InChI=1S/C11H16N2O3/c1-16-7-5-9-12-10(11(14)15)8-4-2-3-6-13(8)9/h2-7H2,1H3,(H,14,15). The summed E-state index contributed by atoms with van der Waals surface area (Å²) < 4.78 is 7.05. The number of nitrogens with zero attached hydrogens (tertiary/aromatic N) is 2. The Balaban J connectivity index is 2.34. The van der Waals surface area contributed by atoms with Gasteiger partial charge in [-0.2, -0.15) is 0 Å². The monoisotopic (exact) mass is 224 g/mol. The molecular weight excluding hydrogens is 208 g/mol. The molecule has 0 fully saturated rings. The summed E-state index contributed by atoms with van der Waals surface area (Å²) in [4.78, 5) is 15.3. The summed E-state index contributed by atoms with van der Waals surface area (Å²) in [5, 5.41) is 9.07. The summed E-state index contributed by atoms with van der Waals surface area (Å²) >= 11 is 0. The van der Waals surface area contributed by atoms with Gasteiger partial charge in [0.2, 0.25) is 0 Å². The van der Waals surface area contributed by atoms with Crippen LogP contribution in [-0.4, -0.2) is 34.3 Å². The average Bonchev–Trinajstić information content (AvgIpc) is 2.65. The summed E-state index contributed by atoms with van der Waals surface area (Å²) in [5.41, 5.74) is 1.11. The van der Waals surface area contributed by atoms with Crippen LogP contribution in [0.4, 0.5) is 0 Å². The second kappa shape index (κ2) is 4.65. The lowest BCUT2D eigenvalue weighted by molar-refractivity contribution is 0.0689. The number of carboxylic acids is 1. The Morgan fingerprint density at radius 1 is 1.56 bits per heavy atom. The number of aromatic nitrogens is 2. The summed E-state index contributed by atoms with van der Waals surface area (Å²) in [6.07, 6.45) is 3.65. The first-order valence-electron chi connectivity index (χ1n) is 5.54. The molecule has 0 unspecified atom stereocenters. The maximum Gasteiger partial charge on any atom is 0.356 e. The normalized spacial score (nSPS) is 14.8. The Hall–Kier alpha value is -1.36. The maximum absolute atomic E-state index is 11.1. The van der Waals surface area contributed by atoms with Crippen LogP contribution in [0.2, 0.25) is 0 Å². The van der Waals surface area contributed by atoms with Crippen LogP contribution < -0.4 is 0 Å². The van der Waals surface area contributed by atoms with Gasteiger partial charge in [0, 0.05) is 20.1 Å². The molecule has 0 radical (unpaired) electrons. The molecule has 0 atom stereocenters. The molecular formula is C11H16N2O3. The van der Waals surface area contributed by atoms with Crippen LogP contribution in [0.15, 0.2) is 0 Å². The van der Waals surface area contributed by atoms with Gasteiger partial charge in [-0.15, -0.1) is 0 Å². The molecule has 1 aromatic heterocycles. The number of fused-ring (bicyclic) bond motifs is 1. The third-order valence-corrected chi connectivity index (χ3v) is 2.93. The highest BCUT2D eigenvalue weighted by atomic mass is 16.5. The molecule has 0 aliphatic carbocycles. The van der Waals surface area contributed by atoms with E-state index in [9.17, 15) is 4.79 Å². The first kappa shape index (κ1) is 11.1. The average molecular weight is 224 g/mol. The summed E-state index contributed by atoms with van der Waals surface area (Å²) in [6, 6.07) is 0. The van der Waals surface area contributed by atoms with E-state index in [4.69, 9.17) is 9.84 Å². The fraction of sp³-hybridized carbons (Fsp3) is 0.636. The predicted molar refractivity (Wildman–Crippen MR) is 57.7 cm³/mol. The maximum atomic E-state index is 11.1. The lowest BCUT2D eigenvalue weighted by Crippen LogP contribution is -2.15. The van der Waals surface area contributed by atoms with Crippen molar-refractivity contribution < 1.29 is 14.6 Å². The lowest BCUT2D eigenvalue weighted by atomic mass is 10.1. The highest BCUT2D eigenvalue weighted by Gasteiger charge is 2.23. The van der Waals surface area contributed by atoms with Crippen molar-refractivity contribution >= 4 is 5.97 Å². The summed E-state index contributed by atoms with van der Waals surface area (Å²) in [7, 11) is 1.64. The Morgan fingerprint density at radius 3 is 3.06 bits per heavy atom. The molecule has 0 spiro atoms. The zero-order valence-corrected chi connectivity index (χ0v) is 9.40. The fourth-order valence-electron chi connectivity index (χ4n) is 2.17. The minimum atomic E-state index is -0.922. The van der Waals surface area contributed by atoms with Crippen LogP contribution in [0, 0.1) is 0 Å². The minimum absolute atomic E-state index is 0.228. The van der Waals surface area contributed by atoms with Gasteiger partial charge < -0.3 is 14.4 Å². The highest BCUT2D eigenvalue weighted by Crippen LogP contribution is 2.21. The molecule has 0 aromatic carbocycles. The van der Waals surface area contributed by atoms with Crippen molar-refractivity contribution in [3.63, 3.8) is 0 Å². The zero-order valence-electron chi connectivity index (χ0n) is 9.40. The molecule has 1 aliphatic heterocycles. The van der Waals surface area contributed by atoms with E-state index in [2.05, 4.69) is 4.98 Å². The second-order valence-corrected chi connectivity index (χ2v) is 3.98. The van der Waals surface area contributed by atoms with E-state index in [0.29, 0.717) is 13.0 Å². The molecule has 16 heavy (non-hydrogen) atoms. The number of carboxylic acid groups (broad SMARTS) is 1. The van der Waals surface area contributed by atoms with Crippen molar-refractivity contribution in [3.8, 4) is 0 Å². The molecule has 0 saturated heterocycles. The molecule has 0 amide bonds. The van der Waals surface area contributed by atoms with Crippen molar-refractivity contribution in [1.29, 1.82) is 0 Å². The van der Waals surface area contributed by atoms with Gasteiger partial charge in [-0.05, 0) is 19.3 Å². The van der Waals surface area contributed by atoms with Gasteiger partial charge in [0.05, 0.1) is 12.3 Å².